The third kappa shape index (κ3) is 3.26. The van der Waals surface area contributed by atoms with E-state index < -0.39 is 5.60 Å². The Kier molecular flexibility index (Phi) is 4.29. The van der Waals surface area contributed by atoms with E-state index in [4.69, 9.17) is 0 Å². The lowest BCUT2D eigenvalue weighted by Crippen LogP contribution is -2.43. The van der Waals surface area contributed by atoms with Crippen LogP contribution in [0, 0.1) is 0 Å². The Bertz CT molecular complexity index is 409. The van der Waals surface area contributed by atoms with E-state index in [9.17, 15) is 5.11 Å². The van der Waals surface area contributed by atoms with Crippen molar-refractivity contribution in [1.82, 2.24) is 9.97 Å². The minimum Gasteiger partial charge on any atom is -0.388 e. The molecule has 0 saturated heterocycles. The zero-order valence-corrected chi connectivity index (χ0v) is 11.7. The summed E-state index contributed by atoms with van der Waals surface area (Å²) in [6.45, 7) is 3.42. The van der Waals surface area contributed by atoms with Gasteiger partial charge >= 0.3 is 0 Å². The average Bonchev–Trinajstić information content (AvgIpc) is 2.34. The van der Waals surface area contributed by atoms with Gasteiger partial charge in [0.15, 0.2) is 5.16 Å². The van der Waals surface area contributed by atoms with Gasteiger partial charge in [-0.25, -0.2) is 9.97 Å². The maximum Gasteiger partial charge on any atom is 0.191 e. The fourth-order valence-electron chi connectivity index (χ4n) is 1.90. The number of hydrogen-bond acceptors (Lipinski definition) is 6. The molecule has 1 aliphatic carbocycles. The summed E-state index contributed by atoms with van der Waals surface area (Å²) in [5.74, 6) is 1.59. The topological polar surface area (TPSA) is 70.1 Å². The predicted octanol–water partition coefficient (Wildman–Crippen LogP) is 1.96. The molecule has 1 heterocycles. The second kappa shape index (κ2) is 5.75. The fraction of sp³-hybridized carbons (Fsp3) is 0.667. The summed E-state index contributed by atoms with van der Waals surface area (Å²) in [6.07, 6.45) is 4.82. The normalized spacial score (nSPS) is 17.1. The van der Waals surface area contributed by atoms with Crippen LogP contribution in [0.3, 0.4) is 0 Å². The van der Waals surface area contributed by atoms with Gasteiger partial charge in [0.25, 0.3) is 0 Å². The lowest BCUT2D eigenvalue weighted by Gasteiger charge is -2.36. The number of aliphatic hydroxyl groups is 1. The van der Waals surface area contributed by atoms with Crippen LogP contribution in [-0.4, -0.2) is 40.0 Å². The van der Waals surface area contributed by atoms with E-state index in [1.54, 1.807) is 0 Å². The van der Waals surface area contributed by atoms with E-state index in [0.717, 1.165) is 42.6 Å². The molecular weight excluding hydrogens is 248 g/mol. The summed E-state index contributed by atoms with van der Waals surface area (Å²) in [5, 5.41) is 17.2. The molecule has 1 aliphatic rings. The molecule has 100 valence electrons. The highest BCUT2D eigenvalue weighted by atomic mass is 32.2. The summed E-state index contributed by atoms with van der Waals surface area (Å²) in [4.78, 5) is 8.74. The van der Waals surface area contributed by atoms with E-state index in [0.29, 0.717) is 6.54 Å². The molecule has 1 saturated carbocycles. The number of aromatic nitrogens is 2. The molecule has 0 bridgehead atoms. The lowest BCUT2D eigenvalue weighted by molar-refractivity contribution is -0.0202. The van der Waals surface area contributed by atoms with Crippen LogP contribution in [0.1, 0.15) is 26.2 Å². The van der Waals surface area contributed by atoms with Gasteiger partial charge < -0.3 is 15.7 Å². The molecule has 0 aliphatic heterocycles. The second-order valence-electron chi connectivity index (χ2n) is 4.59. The van der Waals surface area contributed by atoms with Gasteiger partial charge in [-0.3, -0.25) is 0 Å². The van der Waals surface area contributed by atoms with Crippen LogP contribution in [0.2, 0.25) is 0 Å². The largest absolute Gasteiger partial charge is 0.388 e. The molecule has 0 spiro atoms. The molecule has 18 heavy (non-hydrogen) atoms. The van der Waals surface area contributed by atoms with Crippen LogP contribution in [0.4, 0.5) is 11.6 Å². The molecule has 0 atom stereocenters. The van der Waals surface area contributed by atoms with E-state index in [1.807, 2.05) is 19.2 Å². The number of anilines is 2. The zero-order chi connectivity index (χ0) is 13.0. The minimum atomic E-state index is -0.539. The highest BCUT2D eigenvalue weighted by Gasteiger charge is 2.34. The minimum absolute atomic E-state index is 0.539. The van der Waals surface area contributed by atoms with Crippen molar-refractivity contribution < 1.29 is 5.11 Å². The number of rotatable bonds is 6. The number of nitrogens with zero attached hydrogens (tertiary/aromatic N) is 2. The molecule has 1 aromatic heterocycles. The van der Waals surface area contributed by atoms with E-state index in [1.165, 1.54) is 11.8 Å². The lowest BCUT2D eigenvalue weighted by atomic mass is 9.80. The highest BCUT2D eigenvalue weighted by molar-refractivity contribution is 7.98. The first-order valence-electron chi connectivity index (χ1n) is 6.28. The number of hydrogen-bond donors (Lipinski definition) is 3. The van der Waals surface area contributed by atoms with Gasteiger partial charge in [-0.15, -0.1) is 0 Å². The predicted molar refractivity (Wildman–Crippen MR) is 75.3 cm³/mol. The summed E-state index contributed by atoms with van der Waals surface area (Å²) in [5.41, 5.74) is -0.539. The van der Waals surface area contributed by atoms with Gasteiger partial charge in [-0.05, 0) is 32.4 Å². The smallest absolute Gasteiger partial charge is 0.191 e. The molecule has 0 amide bonds. The van der Waals surface area contributed by atoms with Gasteiger partial charge in [0.2, 0.25) is 0 Å². The van der Waals surface area contributed by atoms with Gasteiger partial charge in [0.1, 0.15) is 11.6 Å². The molecule has 6 heteroatoms. The summed E-state index contributed by atoms with van der Waals surface area (Å²) in [7, 11) is 0. The van der Waals surface area contributed by atoms with E-state index in [-0.39, 0.29) is 0 Å². The first kappa shape index (κ1) is 13.4. The Balaban J connectivity index is 2.03. The summed E-state index contributed by atoms with van der Waals surface area (Å²) in [6, 6.07) is 1.88. The first-order valence-corrected chi connectivity index (χ1v) is 7.51. The summed E-state index contributed by atoms with van der Waals surface area (Å²) < 4.78 is 0. The molecule has 1 aromatic rings. The zero-order valence-electron chi connectivity index (χ0n) is 10.9. The average molecular weight is 268 g/mol. The Morgan fingerprint density at radius 3 is 2.50 bits per heavy atom. The van der Waals surface area contributed by atoms with Crippen molar-refractivity contribution in [1.29, 1.82) is 0 Å². The van der Waals surface area contributed by atoms with Crippen LogP contribution in [-0.2, 0) is 0 Å². The number of nitrogens with one attached hydrogen (secondary N) is 2. The van der Waals surface area contributed by atoms with Crippen molar-refractivity contribution in [3.8, 4) is 0 Å². The molecule has 5 nitrogen and oxygen atoms in total. The molecular formula is C12H20N4OS. The van der Waals surface area contributed by atoms with Crippen LogP contribution < -0.4 is 10.6 Å². The molecule has 0 aromatic carbocycles. The van der Waals surface area contributed by atoms with Crippen LogP contribution >= 0.6 is 11.8 Å². The van der Waals surface area contributed by atoms with Crippen LogP contribution in [0.5, 0.6) is 0 Å². The van der Waals surface area contributed by atoms with Crippen molar-refractivity contribution in [2.45, 2.75) is 36.9 Å². The molecule has 1 fully saturated rings. The Morgan fingerprint density at radius 1 is 1.33 bits per heavy atom. The Hall–Kier alpha value is -1.01. The highest BCUT2D eigenvalue weighted by Crippen LogP contribution is 2.31. The molecule has 2 rings (SSSR count). The molecule has 0 unspecified atom stereocenters. The summed E-state index contributed by atoms with van der Waals surface area (Å²) >= 11 is 1.51. The fourth-order valence-corrected chi connectivity index (χ4v) is 2.27. The van der Waals surface area contributed by atoms with Crippen LogP contribution in [0.15, 0.2) is 11.2 Å². The third-order valence-electron chi connectivity index (χ3n) is 3.13. The first-order chi connectivity index (χ1) is 8.65. The van der Waals surface area contributed by atoms with Gasteiger partial charge in [-0.2, -0.15) is 0 Å². The Labute approximate surface area is 112 Å². The second-order valence-corrected chi connectivity index (χ2v) is 5.36. The standard InChI is InChI=1S/C12H20N4OS/c1-3-13-9-7-10(16-11(15-9)18-2)14-8-12(17)5-4-6-12/h7,17H,3-6,8H2,1-2H3,(H2,13,14,15,16). The molecule has 0 radical (unpaired) electrons. The van der Waals surface area contributed by atoms with Crippen molar-refractivity contribution in [3.05, 3.63) is 6.07 Å². The maximum atomic E-state index is 10.0. The monoisotopic (exact) mass is 268 g/mol. The molecule has 3 N–H and O–H groups in total. The van der Waals surface area contributed by atoms with Gasteiger partial charge in [-0.1, -0.05) is 11.8 Å². The SMILES string of the molecule is CCNc1cc(NCC2(O)CCC2)nc(SC)n1. The van der Waals surface area contributed by atoms with Gasteiger partial charge in [0, 0.05) is 19.2 Å². The maximum absolute atomic E-state index is 10.0. The number of thioether (sulfide) groups is 1. The van der Waals surface area contributed by atoms with E-state index >= 15 is 0 Å². The van der Waals surface area contributed by atoms with Crippen molar-refractivity contribution in [2.75, 3.05) is 30.0 Å². The van der Waals surface area contributed by atoms with Crippen molar-refractivity contribution in [2.24, 2.45) is 0 Å². The Morgan fingerprint density at radius 2 is 2.00 bits per heavy atom. The van der Waals surface area contributed by atoms with Gasteiger partial charge in [0.05, 0.1) is 5.60 Å². The third-order valence-corrected chi connectivity index (χ3v) is 3.68. The quantitative estimate of drug-likeness (QED) is 0.541. The van der Waals surface area contributed by atoms with Crippen molar-refractivity contribution in [3.63, 3.8) is 0 Å². The van der Waals surface area contributed by atoms with E-state index in [2.05, 4.69) is 20.6 Å². The van der Waals surface area contributed by atoms with Crippen LogP contribution in [0.25, 0.3) is 0 Å². The van der Waals surface area contributed by atoms with Crippen molar-refractivity contribution >= 4 is 23.4 Å².